The number of carbonyl (C=O) groups is 1. The monoisotopic (exact) mass is 305 g/mol. The van der Waals surface area contributed by atoms with E-state index in [1.54, 1.807) is 32.0 Å². The Bertz CT molecular complexity index is 822. The van der Waals surface area contributed by atoms with E-state index in [2.05, 4.69) is 5.16 Å². The summed E-state index contributed by atoms with van der Waals surface area (Å²) in [5.41, 5.74) is 1.15. The number of benzene rings is 1. The topological polar surface area (TPSA) is 52.3 Å². The molecular weight excluding hydrogens is 293 g/mol. The highest BCUT2D eigenvalue weighted by molar-refractivity contribution is 7.21. The SMILES string of the molecule is Cc1cc(COC(=O)c2sc3cccc(F)c3c2C)no1. The number of halogens is 1. The molecule has 0 saturated heterocycles. The summed E-state index contributed by atoms with van der Waals surface area (Å²) < 4.78 is 24.6. The number of hydrogen-bond acceptors (Lipinski definition) is 5. The third-order valence-electron chi connectivity index (χ3n) is 3.12. The highest BCUT2D eigenvalue weighted by Gasteiger charge is 2.19. The summed E-state index contributed by atoms with van der Waals surface area (Å²) in [5.74, 6) is -0.151. The highest BCUT2D eigenvalue weighted by Crippen LogP contribution is 2.33. The van der Waals surface area contributed by atoms with Crippen molar-refractivity contribution in [3.8, 4) is 0 Å². The zero-order valence-corrected chi connectivity index (χ0v) is 12.3. The van der Waals surface area contributed by atoms with E-state index in [1.165, 1.54) is 17.4 Å². The van der Waals surface area contributed by atoms with E-state index < -0.39 is 5.97 Å². The maximum atomic E-state index is 13.8. The van der Waals surface area contributed by atoms with Crippen LogP contribution < -0.4 is 0 Å². The molecule has 0 aliphatic carbocycles. The lowest BCUT2D eigenvalue weighted by Crippen LogP contribution is -2.04. The van der Waals surface area contributed by atoms with E-state index in [0.29, 0.717) is 27.3 Å². The van der Waals surface area contributed by atoms with Crippen LogP contribution >= 0.6 is 11.3 Å². The first kappa shape index (κ1) is 13.8. The molecule has 3 rings (SSSR count). The average molecular weight is 305 g/mol. The summed E-state index contributed by atoms with van der Waals surface area (Å²) in [5, 5.41) is 4.23. The van der Waals surface area contributed by atoms with Crippen molar-refractivity contribution in [2.45, 2.75) is 20.5 Å². The first-order valence-electron chi connectivity index (χ1n) is 6.33. The lowest BCUT2D eigenvalue weighted by molar-refractivity contribution is 0.0469. The van der Waals surface area contributed by atoms with Crippen LogP contribution in [0.25, 0.3) is 10.1 Å². The van der Waals surface area contributed by atoms with Crippen LogP contribution in [0.15, 0.2) is 28.8 Å². The third kappa shape index (κ3) is 2.54. The molecule has 0 radical (unpaired) electrons. The number of rotatable bonds is 3. The van der Waals surface area contributed by atoms with Crippen LogP contribution in [0.3, 0.4) is 0 Å². The molecule has 0 atom stereocenters. The Morgan fingerprint density at radius 3 is 2.90 bits per heavy atom. The van der Waals surface area contributed by atoms with Gasteiger partial charge in [0, 0.05) is 16.2 Å². The molecule has 0 aliphatic heterocycles. The normalized spacial score (nSPS) is 11.0. The largest absolute Gasteiger partial charge is 0.455 e. The van der Waals surface area contributed by atoms with Gasteiger partial charge in [0.1, 0.15) is 28.8 Å². The Morgan fingerprint density at radius 2 is 2.24 bits per heavy atom. The molecule has 1 aromatic carbocycles. The first-order chi connectivity index (χ1) is 10.1. The van der Waals surface area contributed by atoms with Gasteiger partial charge in [0.25, 0.3) is 0 Å². The summed E-state index contributed by atoms with van der Waals surface area (Å²) in [7, 11) is 0. The number of ether oxygens (including phenoxy) is 1. The molecule has 0 saturated carbocycles. The van der Waals surface area contributed by atoms with E-state index in [1.807, 2.05) is 0 Å². The molecular formula is C15H12FNO3S. The smallest absolute Gasteiger partial charge is 0.349 e. The molecule has 0 spiro atoms. The Kier molecular flexibility index (Phi) is 3.47. The molecule has 6 heteroatoms. The van der Waals surface area contributed by atoms with Crippen molar-refractivity contribution in [3.63, 3.8) is 0 Å². The molecule has 0 unspecified atom stereocenters. The number of hydrogen-bond donors (Lipinski definition) is 0. The van der Waals surface area contributed by atoms with Gasteiger partial charge in [-0.1, -0.05) is 11.2 Å². The molecule has 108 valence electrons. The number of esters is 1. The average Bonchev–Trinajstić information content (AvgIpc) is 3.01. The molecule has 2 heterocycles. The second-order valence-electron chi connectivity index (χ2n) is 4.67. The van der Waals surface area contributed by atoms with Crippen molar-refractivity contribution in [1.82, 2.24) is 5.16 Å². The van der Waals surface area contributed by atoms with Crippen molar-refractivity contribution in [2.75, 3.05) is 0 Å². The molecule has 4 nitrogen and oxygen atoms in total. The lowest BCUT2D eigenvalue weighted by Gasteiger charge is -2.01. The number of aromatic nitrogens is 1. The molecule has 0 aliphatic rings. The fourth-order valence-corrected chi connectivity index (χ4v) is 3.26. The first-order valence-corrected chi connectivity index (χ1v) is 7.15. The van der Waals surface area contributed by atoms with Gasteiger partial charge in [0.05, 0.1) is 0 Å². The summed E-state index contributed by atoms with van der Waals surface area (Å²) in [6.07, 6.45) is 0. The Labute approximate surface area is 124 Å². The Balaban J connectivity index is 1.84. The van der Waals surface area contributed by atoms with Crippen LogP contribution in [-0.4, -0.2) is 11.1 Å². The van der Waals surface area contributed by atoms with Gasteiger partial charge >= 0.3 is 5.97 Å². The minimum absolute atomic E-state index is 0.0341. The predicted molar refractivity (Wildman–Crippen MR) is 76.9 cm³/mol. The van der Waals surface area contributed by atoms with Crippen molar-refractivity contribution >= 4 is 27.4 Å². The zero-order valence-electron chi connectivity index (χ0n) is 11.5. The maximum absolute atomic E-state index is 13.8. The summed E-state index contributed by atoms with van der Waals surface area (Å²) in [6, 6.07) is 6.49. The highest BCUT2D eigenvalue weighted by atomic mass is 32.1. The van der Waals surface area contributed by atoms with Crippen molar-refractivity contribution in [1.29, 1.82) is 0 Å². The van der Waals surface area contributed by atoms with Crippen LogP contribution in [0.2, 0.25) is 0 Å². The summed E-state index contributed by atoms with van der Waals surface area (Å²) in [6.45, 7) is 3.52. The second-order valence-corrected chi connectivity index (χ2v) is 5.73. The van der Waals surface area contributed by atoms with Crippen molar-refractivity contribution < 1.29 is 18.4 Å². The summed E-state index contributed by atoms with van der Waals surface area (Å²) in [4.78, 5) is 12.5. The van der Waals surface area contributed by atoms with E-state index in [4.69, 9.17) is 9.26 Å². The zero-order chi connectivity index (χ0) is 15.0. The molecule has 0 amide bonds. The van der Waals surface area contributed by atoms with Crippen LogP contribution in [0.5, 0.6) is 0 Å². The van der Waals surface area contributed by atoms with Crippen LogP contribution in [-0.2, 0) is 11.3 Å². The van der Waals surface area contributed by atoms with Gasteiger partial charge in [0.2, 0.25) is 0 Å². The maximum Gasteiger partial charge on any atom is 0.349 e. The van der Waals surface area contributed by atoms with E-state index >= 15 is 0 Å². The molecule has 0 bridgehead atoms. The molecule has 21 heavy (non-hydrogen) atoms. The van der Waals surface area contributed by atoms with Crippen LogP contribution in [0.4, 0.5) is 4.39 Å². The number of carbonyl (C=O) groups excluding carboxylic acids is 1. The molecule has 2 aromatic heterocycles. The van der Waals surface area contributed by atoms with Gasteiger partial charge in [-0.15, -0.1) is 11.3 Å². The van der Waals surface area contributed by atoms with E-state index in [-0.39, 0.29) is 12.4 Å². The fourth-order valence-electron chi connectivity index (χ4n) is 2.14. The molecule has 3 aromatic rings. The van der Waals surface area contributed by atoms with Gasteiger partial charge in [-0.3, -0.25) is 0 Å². The third-order valence-corrected chi connectivity index (χ3v) is 4.35. The van der Waals surface area contributed by atoms with Crippen molar-refractivity contribution in [3.05, 3.63) is 52.0 Å². The quantitative estimate of drug-likeness (QED) is 0.686. The number of fused-ring (bicyclic) bond motifs is 1. The van der Waals surface area contributed by atoms with E-state index in [0.717, 1.165) is 4.70 Å². The number of nitrogens with zero attached hydrogens (tertiary/aromatic N) is 1. The van der Waals surface area contributed by atoms with Crippen LogP contribution in [0.1, 0.15) is 26.7 Å². The number of aryl methyl sites for hydroxylation is 2. The standard InChI is InChI=1S/C15H12FNO3S/c1-8-6-10(17-20-8)7-19-15(18)14-9(2)13-11(16)4-3-5-12(13)21-14/h3-6H,7H2,1-2H3. The summed E-state index contributed by atoms with van der Waals surface area (Å²) >= 11 is 1.23. The minimum atomic E-state index is -0.478. The van der Waals surface area contributed by atoms with Gasteiger partial charge in [0.15, 0.2) is 0 Å². The second kappa shape index (κ2) is 5.29. The Hall–Kier alpha value is -2.21. The van der Waals surface area contributed by atoms with E-state index in [9.17, 15) is 9.18 Å². The number of thiophene rings is 1. The minimum Gasteiger partial charge on any atom is -0.455 e. The van der Waals surface area contributed by atoms with Gasteiger partial charge in [-0.2, -0.15) is 0 Å². The van der Waals surface area contributed by atoms with Crippen molar-refractivity contribution in [2.24, 2.45) is 0 Å². The van der Waals surface area contributed by atoms with Gasteiger partial charge in [-0.05, 0) is 31.5 Å². The fraction of sp³-hybridized carbons (Fsp3) is 0.200. The Morgan fingerprint density at radius 1 is 1.43 bits per heavy atom. The lowest BCUT2D eigenvalue weighted by atomic mass is 10.1. The van der Waals surface area contributed by atoms with Gasteiger partial charge < -0.3 is 9.26 Å². The van der Waals surface area contributed by atoms with Gasteiger partial charge in [-0.25, -0.2) is 9.18 Å². The molecule has 0 N–H and O–H groups in total. The molecule has 0 fully saturated rings. The van der Waals surface area contributed by atoms with Crippen LogP contribution in [0, 0.1) is 19.7 Å². The predicted octanol–water partition coefficient (Wildman–Crippen LogP) is 4.00.